The van der Waals surface area contributed by atoms with Crippen molar-refractivity contribution in [2.75, 3.05) is 23.4 Å². The molecule has 0 bridgehead atoms. The van der Waals surface area contributed by atoms with E-state index in [-0.39, 0.29) is 5.54 Å². The number of nitrogens with two attached hydrogens (primary N) is 1. The maximum absolute atomic E-state index is 6.00. The monoisotopic (exact) mass is 314 g/mol. The van der Waals surface area contributed by atoms with E-state index in [2.05, 4.69) is 53.3 Å². The van der Waals surface area contributed by atoms with E-state index in [0.29, 0.717) is 12.5 Å². The van der Waals surface area contributed by atoms with E-state index in [0.717, 1.165) is 15.9 Å². The fourth-order valence-corrected chi connectivity index (χ4v) is 4.17. The van der Waals surface area contributed by atoms with Crippen LogP contribution in [-0.4, -0.2) is 23.6 Å². The highest BCUT2D eigenvalue weighted by Gasteiger charge is 2.39. The summed E-state index contributed by atoms with van der Waals surface area (Å²) in [6.45, 7) is 5.07. The highest BCUT2D eigenvalue weighted by molar-refractivity contribution is 9.10. The number of rotatable bonds is 3. The number of hydrogen-bond donors (Lipinski definition) is 2. The first-order chi connectivity index (χ1) is 8.07. The Bertz CT molecular complexity index is 410. The molecule has 0 aromatic heterocycles. The maximum Gasteiger partial charge on any atom is 0.0619 e. The molecular weight excluding hydrogens is 296 g/mol. The second-order valence-electron chi connectivity index (χ2n) is 4.88. The SMILES string of the molecule is Cc1ccc(Br)c(NC2(CN)CSCC2C)c1. The summed E-state index contributed by atoms with van der Waals surface area (Å²) in [4.78, 5) is 0. The van der Waals surface area contributed by atoms with Crippen LogP contribution in [0.5, 0.6) is 0 Å². The van der Waals surface area contributed by atoms with Gasteiger partial charge in [-0.05, 0) is 52.2 Å². The Morgan fingerprint density at radius 3 is 2.94 bits per heavy atom. The standard InChI is InChI=1S/C13H19BrN2S/c1-9-3-4-11(14)12(5-9)16-13(7-15)8-17-6-10(13)2/h3-5,10,16H,6-8,15H2,1-2H3. The zero-order chi connectivity index (χ0) is 12.5. The summed E-state index contributed by atoms with van der Waals surface area (Å²) in [5, 5.41) is 3.67. The summed E-state index contributed by atoms with van der Waals surface area (Å²) in [6.07, 6.45) is 0. The molecule has 0 radical (unpaired) electrons. The van der Waals surface area contributed by atoms with Gasteiger partial charge in [0, 0.05) is 22.5 Å². The molecule has 1 aliphatic heterocycles. The Kier molecular flexibility index (Phi) is 4.06. The van der Waals surface area contributed by atoms with Gasteiger partial charge in [-0.25, -0.2) is 0 Å². The molecule has 2 atom stereocenters. The average molecular weight is 315 g/mol. The minimum absolute atomic E-state index is 0.0426. The number of nitrogens with one attached hydrogen (secondary N) is 1. The van der Waals surface area contributed by atoms with Gasteiger partial charge in [0.25, 0.3) is 0 Å². The van der Waals surface area contributed by atoms with E-state index in [9.17, 15) is 0 Å². The number of benzene rings is 1. The van der Waals surface area contributed by atoms with Gasteiger partial charge in [0.1, 0.15) is 0 Å². The van der Waals surface area contributed by atoms with Crippen LogP contribution in [0.4, 0.5) is 5.69 Å². The van der Waals surface area contributed by atoms with Crippen molar-refractivity contribution < 1.29 is 0 Å². The summed E-state index contributed by atoms with van der Waals surface area (Å²) in [6, 6.07) is 6.38. The molecule has 1 fully saturated rings. The van der Waals surface area contributed by atoms with Crippen molar-refractivity contribution in [1.29, 1.82) is 0 Å². The van der Waals surface area contributed by atoms with E-state index in [1.807, 2.05) is 11.8 Å². The lowest BCUT2D eigenvalue weighted by atomic mass is 9.88. The number of hydrogen-bond acceptors (Lipinski definition) is 3. The molecule has 1 saturated heterocycles. The molecule has 2 rings (SSSR count). The highest BCUT2D eigenvalue weighted by Crippen LogP contribution is 2.37. The first kappa shape index (κ1) is 13.2. The third-order valence-corrected chi connectivity index (χ3v) is 5.69. The number of aryl methyl sites for hydroxylation is 1. The van der Waals surface area contributed by atoms with Gasteiger partial charge in [-0.15, -0.1) is 0 Å². The van der Waals surface area contributed by atoms with Gasteiger partial charge in [0.05, 0.1) is 5.54 Å². The van der Waals surface area contributed by atoms with Crippen molar-refractivity contribution in [3.63, 3.8) is 0 Å². The molecule has 2 nitrogen and oxygen atoms in total. The molecule has 4 heteroatoms. The lowest BCUT2D eigenvalue weighted by molar-refractivity contribution is 0.413. The Labute approximate surface area is 116 Å². The zero-order valence-electron chi connectivity index (χ0n) is 10.3. The summed E-state index contributed by atoms with van der Waals surface area (Å²) >= 11 is 5.59. The van der Waals surface area contributed by atoms with Crippen molar-refractivity contribution in [3.8, 4) is 0 Å². The van der Waals surface area contributed by atoms with E-state index in [4.69, 9.17) is 5.73 Å². The molecule has 1 aromatic rings. The quantitative estimate of drug-likeness (QED) is 0.899. The largest absolute Gasteiger partial charge is 0.376 e. The predicted octanol–water partition coefficient (Wildman–Crippen LogP) is 3.25. The van der Waals surface area contributed by atoms with Gasteiger partial charge < -0.3 is 11.1 Å². The van der Waals surface area contributed by atoms with Crippen molar-refractivity contribution in [2.45, 2.75) is 19.4 Å². The van der Waals surface area contributed by atoms with Gasteiger partial charge in [-0.2, -0.15) is 11.8 Å². The first-order valence-electron chi connectivity index (χ1n) is 5.89. The van der Waals surface area contributed by atoms with Gasteiger partial charge in [-0.1, -0.05) is 13.0 Å². The van der Waals surface area contributed by atoms with Crippen LogP contribution in [0.3, 0.4) is 0 Å². The molecule has 1 aliphatic rings. The Morgan fingerprint density at radius 2 is 2.35 bits per heavy atom. The third kappa shape index (κ3) is 2.64. The smallest absolute Gasteiger partial charge is 0.0619 e. The molecule has 0 amide bonds. The summed E-state index contributed by atoms with van der Waals surface area (Å²) in [7, 11) is 0. The summed E-state index contributed by atoms with van der Waals surface area (Å²) < 4.78 is 1.11. The van der Waals surface area contributed by atoms with E-state index >= 15 is 0 Å². The van der Waals surface area contributed by atoms with Gasteiger partial charge in [-0.3, -0.25) is 0 Å². The molecular formula is C13H19BrN2S. The van der Waals surface area contributed by atoms with Crippen LogP contribution in [-0.2, 0) is 0 Å². The first-order valence-corrected chi connectivity index (χ1v) is 7.84. The number of thioether (sulfide) groups is 1. The average Bonchev–Trinajstić information content (AvgIpc) is 2.66. The molecule has 1 heterocycles. The Hall–Kier alpha value is -0.190. The van der Waals surface area contributed by atoms with Gasteiger partial charge >= 0.3 is 0 Å². The second-order valence-corrected chi connectivity index (χ2v) is 6.77. The van der Waals surface area contributed by atoms with Crippen molar-refractivity contribution in [3.05, 3.63) is 28.2 Å². The predicted molar refractivity (Wildman–Crippen MR) is 80.8 cm³/mol. The van der Waals surface area contributed by atoms with Crippen LogP contribution in [0, 0.1) is 12.8 Å². The molecule has 2 unspecified atom stereocenters. The minimum Gasteiger partial charge on any atom is -0.376 e. The van der Waals surface area contributed by atoms with Crippen LogP contribution < -0.4 is 11.1 Å². The minimum atomic E-state index is 0.0426. The number of halogens is 1. The topological polar surface area (TPSA) is 38.0 Å². The lowest BCUT2D eigenvalue weighted by Crippen LogP contribution is -2.50. The molecule has 0 spiro atoms. The fraction of sp³-hybridized carbons (Fsp3) is 0.538. The van der Waals surface area contributed by atoms with E-state index in [1.54, 1.807) is 0 Å². The molecule has 94 valence electrons. The van der Waals surface area contributed by atoms with Crippen molar-refractivity contribution in [2.24, 2.45) is 11.7 Å². The molecule has 0 aliphatic carbocycles. The van der Waals surface area contributed by atoms with Crippen molar-refractivity contribution >= 4 is 33.4 Å². The van der Waals surface area contributed by atoms with Crippen LogP contribution in [0.2, 0.25) is 0 Å². The Morgan fingerprint density at radius 1 is 1.59 bits per heavy atom. The van der Waals surface area contributed by atoms with Gasteiger partial charge in [0.2, 0.25) is 0 Å². The van der Waals surface area contributed by atoms with Crippen molar-refractivity contribution in [1.82, 2.24) is 0 Å². The maximum atomic E-state index is 6.00. The lowest BCUT2D eigenvalue weighted by Gasteiger charge is -2.34. The normalized spacial score (nSPS) is 28.4. The van der Waals surface area contributed by atoms with Gasteiger partial charge in [0.15, 0.2) is 0 Å². The molecule has 3 N–H and O–H groups in total. The van der Waals surface area contributed by atoms with Crippen LogP contribution in [0.15, 0.2) is 22.7 Å². The molecule has 1 aromatic carbocycles. The second kappa shape index (κ2) is 5.21. The summed E-state index contributed by atoms with van der Waals surface area (Å²) in [5.41, 5.74) is 8.47. The van der Waals surface area contributed by atoms with Crippen LogP contribution in [0.25, 0.3) is 0 Å². The highest BCUT2D eigenvalue weighted by atomic mass is 79.9. The zero-order valence-corrected chi connectivity index (χ0v) is 12.7. The van der Waals surface area contributed by atoms with Crippen LogP contribution >= 0.6 is 27.7 Å². The summed E-state index contributed by atoms with van der Waals surface area (Å²) in [5.74, 6) is 2.88. The third-order valence-electron chi connectivity index (χ3n) is 3.54. The number of anilines is 1. The Balaban J connectivity index is 2.27. The molecule has 0 saturated carbocycles. The van der Waals surface area contributed by atoms with E-state index < -0.39 is 0 Å². The fourth-order valence-electron chi connectivity index (χ4n) is 2.19. The molecule has 17 heavy (non-hydrogen) atoms. The van der Waals surface area contributed by atoms with Crippen LogP contribution in [0.1, 0.15) is 12.5 Å². The van der Waals surface area contributed by atoms with E-state index in [1.165, 1.54) is 11.3 Å².